The minimum absolute atomic E-state index is 0.0115. The Morgan fingerprint density at radius 3 is 2.26 bits per heavy atom. The Morgan fingerprint density at radius 1 is 0.971 bits per heavy atom. The molecule has 0 radical (unpaired) electrons. The minimum atomic E-state index is -3.66. The SMILES string of the molecule is CC(=O)N1CCCc2cc(S(=O)(=O)NCC3CC4c5ccccc5C3c3ccccc34)ccc21. The van der Waals surface area contributed by atoms with E-state index in [9.17, 15) is 13.2 Å². The van der Waals surface area contributed by atoms with Crippen molar-refractivity contribution in [2.45, 2.75) is 42.9 Å². The predicted molar refractivity (Wildman–Crippen MR) is 133 cm³/mol. The average molecular weight is 473 g/mol. The van der Waals surface area contributed by atoms with Crippen LogP contribution in [0.2, 0.25) is 0 Å². The first-order valence-electron chi connectivity index (χ1n) is 12.0. The van der Waals surface area contributed by atoms with E-state index in [1.54, 1.807) is 30.0 Å². The van der Waals surface area contributed by atoms with Gasteiger partial charge in [-0.1, -0.05) is 48.5 Å². The van der Waals surface area contributed by atoms with Crippen LogP contribution in [0.4, 0.5) is 5.69 Å². The lowest BCUT2D eigenvalue weighted by Crippen LogP contribution is -2.39. The molecule has 1 atom stereocenters. The van der Waals surface area contributed by atoms with Crippen LogP contribution in [0.25, 0.3) is 0 Å². The normalized spacial score (nSPS) is 22.6. The number of hydrogen-bond donors (Lipinski definition) is 1. The molecule has 34 heavy (non-hydrogen) atoms. The summed E-state index contributed by atoms with van der Waals surface area (Å²) in [5.41, 5.74) is 7.18. The average Bonchev–Trinajstić information content (AvgIpc) is 2.87. The summed E-state index contributed by atoms with van der Waals surface area (Å²) in [5.74, 6) is 0.707. The molecule has 0 spiro atoms. The number of carbonyl (C=O) groups excluding carboxylic acids is 1. The fourth-order valence-corrected chi connectivity index (χ4v) is 7.47. The Morgan fingerprint density at radius 2 is 1.62 bits per heavy atom. The van der Waals surface area contributed by atoms with E-state index in [1.165, 1.54) is 22.3 Å². The molecule has 1 amide bonds. The minimum Gasteiger partial charge on any atom is -0.312 e. The maximum absolute atomic E-state index is 13.3. The molecule has 1 aliphatic heterocycles. The summed E-state index contributed by atoms with van der Waals surface area (Å²) in [5, 5.41) is 0. The molecule has 4 aliphatic rings. The van der Waals surface area contributed by atoms with Gasteiger partial charge in [-0.2, -0.15) is 0 Å². The number of nitrogens with zero attached hydrogens (tertiary/aromatic N) is 1. The van der Waals surface area contributed by atoms with Crippen LogP contribution in [0.1, 0.15) is 59.4 Å². The fourth-order valence-electron chi connectivity index (χ4n) is 6.33. The Labute approximate surface area is 200 Å². The van der Waals surface area contributed by atoms with Crippen molar-refractivity contribution < 1.29 is 13.2 Å². The molecule has 174 valence electrons. The lowest BCUT2D eigenvalue weighted by molar-refractivity contribution is -0.116. The zero-order valence-corrected chi connectivity index (χ0v) is 20.0. The molecule has 0 saturated heterocycles. The third kappa shape index (κ3) is 3.39. The molecule has 3 aliphatic carbocycles. The van der Waals surface area contributed by atoms with Crippen LogP contribution < -0.4 is 9.62 Å². The zero-order valence-electron chi connectivity index (χ0n) is 19.2. The molecule has 0 aromatic heterocycles. The summed E-state index contributed by atoms with van der Waals surface area (Å²) >= 11 is 0. The van der Waals surface area contributed by atoms with E-state index in [0.29, 0.717) is 19.0 Å². The van der Waals surface area contributed by atoms with E-state index < -0.39 is 10.0 Å². The van der Waals surface area contributed by atoms with Gasteiger partial charge in [-0.3, -0.25) is 4.79 Å². The van der Waals surface area contributed by atoms with Gasteiger partial charge < -0.3 is 4.90 Å². The summed E-state index contributed by atoms with van der Waals surface area (Å²) in [6.45, 7) is 2.64. The van der Waals surface area contributed by atoms with Crippen molar-refractivity contribution in [3.8, 4) is 0 Å². The predicted octanol–water partition coefficient (Wildman–Crippen LogP) is 4.56. The van der Waals surface area contributed by atoms with E-state index in [0.717, 1.165) is 30.5 Å². The van der Waals surface area contributed by atoms with Crippen molar-refractivity contribution in [1.29, 1.82) is 0 Å². The first-order chi connectivity index (χ1) is 16.4. The highest BCUT2D eigenvalue weighted by Gasteiger charge is 2.43. The van der Waals surface area contributed by atoms with Gasteiger partial charge in [0.25, 0.3) is 0 Å². The summed E-state index contributed by atoms with van der Waals surface area (Å²) < 4.78 is 29.5. The standard InChI is InChI=1S/C28H28N2O3S/c1-18(31)30-14-6-7-19-15-21(12-13-27(19)30)34(32,33)29-17-20-16-26-22-8-2-4-10-24(22)28(20)25-11-5-3-9-23(25)26/h2-5,8-13,15,20,26,28-29H,6-7,14,16-17H2,1H3. The number of nitrogens with one attached hydrogen (secondary N) is 1. The van der Waals surface area contributed by atoms with Crippen molar-refractivity contribution in [2.24, 2.45) is 5.92 Å². The van der Waals surface area contributed by atoms with Crippen LogP contribution in [0.15, 0.2) is 71.6 Å². The van der Waals surface area contributed by atoms with Crippen LogP contribution >= 0.6 is 0 Å². The van der Waals surface area contributed by atoms with Gasteiger partial charge >= 0.3 is 0 Å². The molecule has 5 nitrogen and oxygen atoms in total. The molecular formula is C28H28N2O3S. The molecule has 3 aromatic rings. The van der Waals surface area contributed by atoms with Crippen molar-refractivity contribution in [1.82, 2.24) is 4.72 Å². The van der Waals surface area contributed by atoms with E-state index in [2.05, 4.69) is 53.3 Å². The van der Waals surface area contributed by atoms with E-state index in [4.69, 9.17) is 0 Å². The number of hydrogen-bond acceptors (Lipinski definition) is 3. The summed E-state index contributed by atoms with van der Waals surface area (Å²) in [6.07, 6.45) is 2.56. The Balaban J connectivity index is 1.27. The summed E-state index contributed by atoms with van der Waals surface area (Å²) in [4.78, 5) is 14.0. The van der Waals surface area contributed by atoms with Crippen LogP contribution in [-0.2, 0) is 21.2 Å². The fraction of sp³-hybridized carbons (Fsp3) is 0.321. The maximum atomic E-state index is 13.3. The number of rotatable bonds is 4. The second-order valence-corrected chi connectivity index (χ2v) is 11.5. The van der Waals surface area contributed by atoms with Gasteiger partial charge in [-0.15, -0.1) is 0 Å². The molecule has 1 unspecified atom stereocenters. The number of sulfonamides is 1. The van der Waals surface area contributed by atoms with Crippen LogP contribution in [0.5, 0.6) is 0 Å². The highest BCUT2D eigenvalue weighted by molar-refractivity contribution is 7.89. The number of carbonyl (C=O) groups is 1. The third-order valence-electron chi connectivity index (χ3n) is 7.82. The lowest BCUT2D eigenvalue weighted by Gasteiger charge is -2.45. The number of aryl methyl sites for hydroxylation is 1. The molecular weight excluding hydrogens is 444 g/mol. The monoisotopic (exact) mass is 472 g/mol. The third-order valence-corrected chi connectivity index (χ3v) is 9.24. The molecule has 0 saturated carbocycles. The highest BCUT2D eigenvalue weighted by atomic mass is 32.2. The maximum Gasteiger partial charge on any atom is 0.240 e. The number of amides is 1. The quantitative estimate of drug-likeness (QED) is 0.605. The second kappa shape index (κ2) is 8.07. The largest absolute Gasteiger partial charge is 0.312 e. The summed E-state index contributed by atoms with van der Waals surface area (Å²) in [6, 6.07) is 22.4. The lowest BCUT2D eigenvalue weighted by atomic mass is 9.59. The van der Waals surface area contributed by atoms with Crippen LogP contribution in [-0.4, -0.2) is 27.4 Å². The molecule has 1 heterocycles. The topological polar surface area (TPSA) is 66.5 Å². The van der Waals surface area contributed by atoms with E-state index in [-0.39, 0.29) is 22.6 Å². The first-order valence-corrected chi connectivity index (χ1v) is 13.5. The molecule has 1 N–H and O–H groups in total. The molecule has 2 bridgehead atoms. The zero-order chi connectivity index (χ0) is 23.4. The van der Waals surface area contributed by atoms with Crippen molar-refractivity contribution in [3.05, 3.63) is 94.5 Å². The first kappa shape index (κ1) is 21.6. The number of anilines is 1. The van der Waals surface area contributed by atoms with Crippen molar-refractivity contribution in [2.75, 3.05) is 18.0 Å². The molecule has 3 aromatic carbocycles. The van der Waals surface area contributed by atoms with Gasteiger partial charge in [0.1, 0.15) is 0 Å². The van der Waals surface area contributed by atoms with Gasteiger partial charge in [-0.25, -0.2) is 13.1 Å². The van der Waals surface area contributed by atoms with Gasteiger partial charge in [0, 0.05) is 37.5 Å². The van der Waals surface area contributed by atoms with Gasteiger partial charge in [-0.05, 0) is 71.2 Å². The van der Waals surface area contributed by atoms with Gasteiger partial charge in [0.15, 0.2) is 0 Å². The highest BCUT2D eigenvalue weighted by Crippen LogP contribution is 2.55. The molecule has 7 rings (SSSR count). The molecule has 0 fully saturated rings. The Bertz CT molecular complexity index is 1350. The van der Waals surface area contributed by atoms with E-state index >= 15 is 0 Å². The second-order valence-electron chi connectivity index (χ2n) is 9.70. The van der Waals surface area contributed by atoms with Crippen LogP contribution in [0.3, 0.4) is 0 Å². The van der Waals surface area contributed by atoms with Gasteiger partial charge in [0.2, 0.25) is 15.9 Å². The summed E-state index contributed by atoms with van der Waals surface area (Å²) in [7, 11) is -3.66. The van der Waals surface area contributed by atoms with Gasteiger partial charge in [0.05, 0.1) is 4.90 Å². The molecule has 6 heteroatoms. The Kier molecular flexibility index (Phi) is 5.12. The van der Waals surface area contributed by atoms with Crippen molar-refractivity contribution in [3.63, 3.8) is 0 Å². The Hall–Kier alpha value is -2.96. The van der Waals surface area contributed by atoms with Crippen LogP contribution in [0, 0.1) is 5.92 Å². The number of fused-ring (bicyclic) bond motifs is 2. The smallest absolute Gasteiger partial charge is 0.240 e. The number of benzene rings is 3. The van der Waals surface area contributed by atoms with E-state index in [1.807, 2.05) is 0 Å². The van der Waals surface area contributed by atoms with Crippen molar-refractivity contribution >= 4 is 21.6 Å².